The lowest BCUT2D eigenvalue weighted by Gasteiger charge is -2.17. The number of hydrogen-bond donors (Lipinski definition) is 1. The molecule has 3 nitrogen and oxygen atoms in total. The van der Waals surface area contributed by atoms with Crippen molar-refractivity contribution in [3.63, 3.8) is 0 Å². The number of hydrogen-bond acceptors (Lipinski definition) is 3. The van der Waals surface area contributed by atoms with Gasteiger partial charge in [0.2, 0.25) is 0 Å². The number of benzene rings is 2. The maximum absolute atomic E-state index is 14.2. The summed E-state index contributed by atoms with van der Waals surface area (Å²) in [6, 6.07) is 7.80. The summed E-state index contributed by atoms with van der Waals surface area (Å²) in [5, 5.41) is 10.8. The Morgan fingerprint density at radius 1 is 1.05 bits per heavy atom. The fraction of sp³-hybridized carbons (Fsp3) is 0.250. The van der Waals surface area contributed by atoms with Gasteiger partial charge in [0.05, 0.1) is 14.2 Å². The third-order valence-electron chi connectivity index (χ3n) is 3.25. The number of aryl methyl sites for hydroxylation is 1. The van der Waals surface area contributed by atoms with Gasteiger partial charge in [-0.15, -0.1) is 0 Å². The molecule has 0 fully saturated rings. The molecule has 2 aromatic rings. The van der Waals surface area contributed by atoms with Crippen LogP contribution < -0.4 is 9.47 Å². The Labute approximate surface area is 127 Å². The van der Waals surface area contributed by atoms with Crippen LogP contribution in [0.5, 0.6) is 11.5 Å². The van der Waals surface area contributed by atoms with E-state index in [9.17, 15) is 9.50 Å². The van der Waals surface area contributed by atoms with Gasteiger partial charge in [0.15, 0.2) is 11.5 Å². The van der Waals surface area contributed by atoms with Crippen molar-refractivity contribution < 1.29 is 19.0 Å². The SMILES string of the molecule is COc1cc(F)c(C(O)c2ccc(C)cc2Cl)cc1OC. The molecule has 2 aromatic carbocycles. The van der Waals surface area contributed by atoms with Crippen LogP contribution >= 0.6 is 11.6 Å². The number of ether oxygens (including phenoxy) is 2. The topological polar surface area (TPSA) is 38.7 Å². The van der Waals surface area contributed by atoms with E-state index in [4.69, 9.17) is 21.1 Å². The normalized spacial score (nSPS) is 12.1. The van der Waals surface area contributed by atoms with Crippen LogP contribution in [0.15, 0.2) is 30.3 Å². The molecule has 0 bridgehead atoms. The number of aliphatic hydroxyl groups excluding tert-OH is 1. The van der Waals surface area contributed by atoms with Crippen molar-refractivity contribution in [2.45, 2.75) is 13.0 Å². The standard InChI is InChI=1S/C16H16ClFO3/c1-9-4-5-10(12(17)6-9)16(19)11-7-14(20-2)15(21-3)8-13(11)18/h4-8,16,19H,1-3H3. The number of halogens is 2. The second-order valence-electron chi connectivity index (χ2n) is 4.66. The largest absolute Gasteiger partial charge is 0.493 e. The zero-order valence-electron chi connectivity index (χ0n) is 12.0. The van der Waals surface area contributed by atoms with Crippen LogP contribution in [0.3, 0.4) is 0 Å². The summed E-state index contributed by atoms with van der Waals surface area (Å²) in [7, 11) is 2.87. The molecular formula is C16H16ClFO3. The van der Waals surface area contributed by atoms with E-state index in [2.05, 4.69) is 0 Å². The smallest absolute Gasteiger partial charge is 0.163 e. The highest BCUT2D eigenvalue weighted by molar-refractivity contribution is 6.31. The number of aliphatic hydroxyl groups is 1. The first kappa shape index (κ1) is 15.6. The summed E-state index contributed by atoms with van der Waals surface area (Å²) < 4.78 is 24.3. The molecular weight excluding hydrogens is 295 g/mol. The Bertz CT molecular complexity index is 658. The maximum Gasteiger partial charge on any atom is 0.163 e. The van der Waals surface area contributed by atoms with Crippen molar-refractivity contribution in [2.24, 2.45) is 0 Å². The average molecular weight is 311 g/mol. The molecule has 21 heavy (non-hydrogen) atoms. The van der Waals surface area contributed by atoms with E-state index in [1.165, 1.54) is 26.4 Å². The van der Waals surface area contributed by atoms with Gasteiger partial charge in [-0.1, -0.05) is 23.7 Å². The predicted molar refractivity (Wildman–Crippen MR) is 79.8 cm³/mol. The highest BCUT2D eigenvalue weighted by Gasteiger charge is 2.21. The van der Waals surface area contributed by atoms with Gasteiger partial charge in [-0.2, -0.15) is 0 Å². The van der Waals surface area contributed by atoms with Crippen LogP contribution in [0.4, 0.5) is 4.39 Å². The fourth-order valence-corrected chi connectivity index (χ4v) is 2.44. The minimum absolute atomic E-state index is 0.0819. The van der Waals surface area contributed by atoms with Crippen molar-refractivity contribution >= 4 is 11.6 Å². The van der Waals surface area contributed by atoms with Crippen molar-refractivity contribution in [1.82, 2.24) is 0 Å². The second-order valence-corrected chi connectivity index (χ2v) is 5.06. The summed E-state index contributed by atoms with van der Waals surface area (Å²) in [6.45, 7) is 1.89. The zero-order chi connectivity index (χ0) is 15.6. The van der Waals surface area contributed by atoms with Crippen LogP contribution in [-0.4, -0.2) is 19.3 Å². The van der Waals surface area contributed by atoms with E-state index in [1.807, 2.05) is 13.0 Å². The molecule has 1 unspecified atom stereocenters. The molecule has 112 valence electrons. The van der Waals surface area contributed by atoms with Crippen molar-refractivity contribution in [1.29, 1.82) is 0 Å². The van der Waals surface area contributed by atoms with Crippen LogP contribution in [0, 0.1) is 12.7 Å². The molecule has 0 saturated heterocycles. The van der Waals surface area contributed by atoms with E-state index in [-0.39, 0.29) is 11.3 Å². The molecule has 0 aliphatic heterocycles. The average Bonchev–Trinajstić information content (AvgIpc) is 2.46. The van der Waals surface area contributed by atoms with Crippen molar-refractivity contribution in [2.75, 3.05) is 14.2 Å². The summed E-state index contributed by atoms with van der Waals surface area (Å²) >= 11 is 6.12. The van der Waals surface area contributed by atoms with Gasteiger partial charge in [0.1, 0.15) is 11.9 Å². The first-order chi connectivity index (χ1) is 9.97. The lowest BCUT2D eigenvalue weighted by atomic mass is 9.99. The van der Waals surface area contributed by atoms with Gasteiger partial charge < -0.3 is 14.6 Å². The minimum atomic E-state index is -1.18. The van der Waals surface area contributed by atoms with Crippen molar-refractivity contribution in [3.05, 3.63) is 57.9 Å². The summed E-state index contributed by atoms with van der Waals surface area (Å²) in [5.74, 6) is 0.0222. The Kier molecular flexibility index (Phi) is 4.70. The Morgan fingerprint density at radius 3 is 2.24 bits per heavy atom. The molecule has 0 radical (unpaired) electrons. The van der Waals surface area contributed by atoms with Crippen molar-refractivity contribution in [3.8, 4) is 11.5 Å². The highest BCUT2D eigenvalue weighted by Crippen LogP contribution is 2.36. The third kappa shape index (κ3) is 3.12. The molecule has 0 saturated carbocycles. The summed E-state index contributed by atoms with van der Waals surface area (Å²) in [6.07, 6.45) is -1.18. The van der Waals surface area contributed by atoms with E-state index >= 15 is 0 Å². The Hall–Kier alpha value is -1.78. The second kappa shape index (κ2) is 6.33. The molecule has 0 amide bonds. The van der Waals surface area contributed by atoms with Gasteiger partial charge in [0, 0.05) is 22.2 Å². The fourth-order valence-electron chi connectivity index (χ4n) is 2.10. The number of rotatable bonds is 4. The molecule has 1 atom stereocenters. The molecule has 0 heterocycles. The zero-order valence-corrected chi connectivity index (χ0v) is 12.7. The molecule has 0 aromatic heterocycles. The van der Waals surface area contributed by atoms with Crippen LogP contribution in [0.1, 0.15) is 22.8 Å². The maximum atomic E-state index is 14.2. The Morgan fingerprint density at radius 2 is 1.67 bits per heavy atom. The van der Waals surface area contributed by atoms with Gasteiger partial charge in [-0.3, -0.25) is 0 Å². The third-order valence-corrected chi connectivity index (χ3v) is 3.58. The Balaban J connectivity index is 2.50. The van der Waals surface area contributed by atoms with Crippen LogP contribution in [0.25, 0.3) is 0 Å². The molecule has 0 aliphatic carbocycles. The van der Waals surface area contributed by atoms with E-state index in [0.717, 1.165) is 5.56 Å². The van der Waals surface area contributed by atoms with Crippen LogP contribution in [0.2, 0.25) is 5.02 Å². The quantitative estimate of drug-likeness (QED) is 0.931. The van der Waals surface area contributed by atoms with E-state index in [1.54, 1.807) is 12.1 Å². The molecule has 1 N–H and O–H groups in total. The monoisotopic (exact) mass is 310 g/mol. The molecule has 0 aliphatic rings. The predicted octanol–water partition coefficient (Wildman–Crippen LogP) is 3.89. The molecule has 0 spiro atoms. The lowest BCUT2D eigenvalue weighted by Crippen LogP contribution is -2.05. The van der Waals surface area contributed by atoms with Gasteiger partial charge in [-0.05, 0) is 24.6 Å². The number of methoxy groups -OCH3 is 2. The minimum Gasteiger partial charge on any atom is -0.493 e. The summed E-state index contributed by atoms with van der Waals surface area (Å²) in [4.78, 5) is 0. The molecule has 2 rings (SSSR count). The summed E-state index contributed by atoms with van der Waals surface area (Å²) in [5.41, 5.74) is 1.48. The highest BCUT2D eigenvalue weighted by atomic mass is 35.5. The van der Waals surface area contributed by atoms with Gasteiger partial charge in [0.25, 0.3) is 0 Å². The van der Waals surface area contributed by atoms with E-state index < -0.39 is 11.9 Å². The lowest BCUT2D eigenvalue weighted by molar-refractivity contribution is 0.214. The van der Waals surface area contributed by atoms with Gasteiger partial charge >= 0.3 is 0 Å². The molecule has 5 heteroatoms. The first-order valence-corrected chi connectivity index (χ1v) is 6.71. The first-order valence-electron chi connectivity index (χ1n) is 6.33. The van der Waals surface area contributed by atoms with Crippen LogP contribution in [-0.2, 0) is 0 Å². The van der Waals surface area contributed by atoms with Gasteiger partial charge in [-0.25, -0.2) is 4.39 Å². The van der Waals surface area contributed by atoms with E-state index in [0.29, 0.717) is 16.3 Å².